The molecule has 0 saturated carbocycles. The number of esters is 2. The van der Waals surface area contributed by atoms with Crippen LogP contribution in [-0.2, 0) is 60.2 Å². The second-order valence-electron chi connectivity index (χ2n) is 47.2. The molecule has 0 aromatic heterocycles. The van der Waals surface area contributed by atoms with Crippen LogP contribution in [0.5, 0.6) is 0 Å². The SMILES string of the molecule is CC(=O)OCC[Si](C)(C)O[Si](C)(C)C.CCCCCCCCCCCC[Si](C)(CCCCCCCC)O[Si](C)(CC)CCOC(C)=O.CCCCCCCCCC[Si](C)(CC)O[Si](C)(C)C.CC[Si](C)(O[Si](C)(C)C)O[Si](C)(C)CC(C)C.CC[Si](C)(O[Si](C)(C)O[Si](C)(C)C)c1ccccc1.C[Si](C)(C)O[Si](C)(C)C.C[Si](C)(C)O[Si](C)(C)O[Si](C)(C)C. The molecule has 0 N–H and O–H groups in total. The lowest BCUT2D eigenvalue weighted by Crippen LogP contribution is -2.57. The molecule has 746 valence electrons. The van der Waals surface area contributed by atoms with Gasteiger partial charge in [0.2, 0.25) is 8.32 Å². The van der Waals surface area contributed by atoms with Gasteiger partial charge in [0, 0.05) is 13.8 Å². The minimum absolute atomic E-state index is 0.167. The van der Waals surface area contributed by atoms with Gasteiger partial charge >= 0.3 is 37.6 Å². The summed E-state index contributed by atoms with van der Waals surface area (Å²) in [7, 11) is -27.0. The van der Waals surface area contributed by atoms with Crippen molar-refractivity contribution < 1.29 is 60.2 Å². The molecular formula is C93H222O14Si17. The maximum Gasteiger partial charge on any atom is 0.314 e. The Balaban J connectivity index is -0.000000339. The number of carbonyl (C=O) groups excluding carboxylic acids is 2. The number of unbranched alkanes of at least 4 members (excludes halogenated alkanes) is 21. The van der Waals surface area contributed by atoms with Crippen molar-refractivity contribution in [1.82, 2.24) is 0 Å². The molecule has 0 aliphatic carbocycles. The Morgan fingerprint density at radius 3 is 0.815 bits per heavy atom. The Kier molecular flexibility index (Phi) is 73.4. The van der Waals surface area contributed by atoms with E-state index in [4.69, 9.17) is 50.6 Å². The normalized spacial score (nSPS) is 15.3. The van der Waals surface area contributed by atoms with Crippen molar-refractivity contribution in [2.24, 2.45) is 5.92 Å². The first-order valence-electron chi connectivity index (χ1n) is 50.2. The zero-order chi connectivity index (χ0) is 98.3. The van der Waals surface area contributed by atoms with E-state index in [2.05, 4.69) is 335 Å². The van der Waals surface area contributed by atoms with Crippen LogP contribution in [0.1, 0.15) is 230 Å². The van der Waals surface area contributed by atoms with Crippen molar-refractivity contribution in [3.8, 4) is 0 Å². The molecule has 31 heteroatoms. The van der Waals surface area contributed by atoms with Gasteiger partial charge in [-0.1, -0.05) is 247 Å². The molecule has 0 bridgehead atoms. The largest absolute Gasteiger partial charge is 0.466 e. The van der Waals surface area contributed by atoms with E-state index in [0.717, 1.165) is 36.1 Å². The first-order valence-corrected chi connectivity index (χ1v) is 103. The molecule has 14 nitrogen and oxygen atoms in total. The summed E-state index contributed by atoms with van der Waals surface area (Å²) in [5.74, 6) is 0.348. The Morgan fingerprint density at radius 1 is 0.266 bits per heavy atom. The van der Waals surface area contributed by atoms with Gasteiger partial charge in [0.15, 0.2) is 108 Å². The third-order valence-electron chi connectivity index (χ3n) is 20.1. The van der Waals surface area contributed by atoms with Gasteiger partial charge in [-0.2, -0.15) is 0 Å². The fourth-order valence-electron chi connectivity index (χ4n) is 16.1. The lowest BCUT2D eigenvalue weighted by atomic mass is 10.1. The molecule has 5 atom stereocenters. The molecule has 124 heavy (non-hydrogen) atoms. The molecule has 0 fully saturated rings. The van der Waals surface area contributed by atoms with Crippen LogP contribution in [-0.4, -0.2) is 167 Å². The fourth-order valence-corrected chi connectivity index (χ4v) is 88.3. The van der Waals surface area contributed by atoms with Crippen LogP contribution in [0.25, 0.3) is 0 Å². The van der Waals surface area contributed by atoms with Crippen LogP contribution >= 0.6 is 0 Å². The van der Waals surface area contributed by atoms with Gasteiger partial charge in [0.25, 0.3) is 0 Å². The average molecular weight is 2040 g/mol. The number of hydrogen-bond donors (Lipinski definition) is 0. The highest BCUT2D eigenvalue weighted by atomic mass is 28.5. The van der Waals surface area contributed by atoms with E-state index in [9.17, 15) is 9.59 Å². The molecule has 0 heterocycles. The fraction of sp³-hybridized carbons (Fsp3) is 0.914. The van der Waals surface area contributed by atoms with Crippen LogP contribution in [0.2, 0.25) is 303 Å². The molecule has 0 amide bonds. The molecule has 1 aromatic rings. The highest BCUT2D eigenvalue weighted by Gasteiger charge is 2.44. The van der Waals surface area contributed by atoms with Gasteiger partial charge in [-0.05, 0) is 314 Å². The Labute approximate surface area is 795 Å². The highest BCUT2D eigenvalue weighted by molar-refractivity contribution is 6.94. The molecular weight excluding hydrogens is 1820 g/mol. The van der Waals surface area contributed by atoms with Crippen LogP contribution in [0, 0.1) is 5.92 Å². The summed E-state index contributed by atoms with van der Waals surface area (Å²) in [5, 5.41) is 1.37. The first kappa shape index (κ1) is 136. The predicted molar refractivity (Wildman–Crippen MR) is 598 cm³/mol. The lowest BCUT2D eigenvalue weighted by molar-refractivity contribution is -0.141. The summed E-state index contributed by atoms with van der Waals surface area (Å²) >= 11 is 0. The van der Waals surface area contributed by atoms with Gasteiger partial charge < -0.3 is 50.6 Å². The molecule has 0 radical (unpaired) electrons. The quantitative estimate of drug-likeness (QED) is 0.0346. The van der Waals surface area contributed by atoms with E-state index in [-0.39, 0.29) is 11.9 Å². The van der Waals surface area contributed by atoms with Crippen LogP contribution in [0.3, 0.4) is 0 Å². The summed E-state index contributed by atoms with van der Waals surface area (Å²) < 4.78 is 74.0. The summed E-state index contributed by atoms with van der Waals surface area (Å²) in [5.41, 5.74) is 0. The van der Waals surface area contributed by atoms with Gasteiger partial charge in [-0.15, -0.1) is 0 Å². The zero-order valence-corrected chi connectivity index (χ0v) is 110. The van der Waals surface area contributed by atoms with Crippen molar-refractivity contribution in [2.75, 3.05) is 13.2 Å². The van der Waals surface area contributed by atoms with Gasteiger partial charge in [-0.3, -0.25) is 9.59 Å². The molecule has 0 aliphatic heterocycles. The molecule has 5 unspecified atom stereocenters. The second-order valence-corrected chi connectivity index (χ2v) is 122. The zero-order valence-electron chi connectivity index (χ0n) is 92.6. The standard InChI is InChI=1S/C28H60O3Si2.C16H38OSi2.C14H28O2Si3.C12H32O2Si3.C9H22O3Si2.C8H24O2Si3.C6H18OSi2/c1-7-10-12-14-16-17-18-19-21-23-26-33(6,25-22-20-15-13-11-8-2)31-32(5,9-3)27-24-30-28(4)29;1-7-9-10-11-12-13-14-15-16-19(6,8-2)17-18(3,4)5;1-8-19(7,14-12-10-9-11-13-14)16-18(5,6)15-17(2,3)4;1-10-17(9,13-15(4,5)6)14-16(7,8)11-12(2)3;1-9(10)11-7-8-14(5,6)12-13(2,3)4;1-11(2,3)9-13(7,8)10-12(4,5)6;1-8(2,3)7-9(4,5)6/h7-27H2,1-6H3;7-16H2,1-6H3;9-13H,8H2,1-7H3;12H,10-11H2,1-9H3;7-8H2,1-6H3;1-8H3;1-6H3. The minimum atomic E-state index is -2.05. The van der Waals surface area contributed by atoms with Crippen LogP contribution < -0.4 is 5.19 Å². The highest BCUT2D eigenvalue weighted by Crippen LogP contribution is 2.34. The van der Waals surface area contributed by atoms with E-state index in [1.165, 1.54) is 203 Å². The van der Waals surface area contributed by atoms with E-state index < -0.39 is 142 Å². The summed E-state index contributed by atoms with van der Waals surface area (Å²) in [4.78, 5) is 21.8. The van der Waals surface area contributed by atoms with E-state index in [1.54, 1.807) is 0 Å². The van der Waals surface area contributed by atoms with E-state index in [0.29, 0.717) is 13.2 Å². The molecule has 0 aliphatic rings. The number of benzene rings is 1. The second kappa shape index (κ2) is 66.8. The van der Waals surface area contributed by atoms with Crippen LogP contribution in [0.4, 0.5) is 0 Å². The predicted octanol–water partition coefficient (Wildman–Crippen LogP) is 34.1. The van der Waals surface area contributed by atoms with Crippen molar-refractivity contribution in [3.05, 3.63) is 30.3 Å². The number of carbonyl (C=O) groups is 2. The average Bonchev–Trinajstić information content (AvgIpc) is 0.806. The Hall–Kier alpha value is 1.45. The molecule has 0 spiro atoms. The molecule has 1 rings (SSSR count). The first-order chi connectivity index (χ1) is 55.9. The maximum atomic E-state index is 11.2. The van der Waals surface area contributed by atoms with Crippen molar-refractivity contribution in [1.29, 1.82) is 0 Å². The van der Waals surface area contributed by atoms with Gasteiger partial charge in [-0.25, -0.2) is 0 Å². The summed E-state index contributed by atoms with van der Waals surface area (Å²) in [6.45, 7) is 108. The number of hydrogen-bond acceptors (Lipinski definition) is 14. The summed E-state index contributed by atoms with van der Waals surface area (Å²) in [6.07, 6.45) is 33.5. The molecule has 0 saturated heterocycles. The Morgan fingerprint density at radius 2 is 0.548 bits per heavy atom. The van der Waals surface area contributed by atoms with Gasteiger partial charge in [0.05, 0.1) is 13.2 Å². The maximum absolute atomic E-state index is 11.2. The van der Waals surface area contributed by atoms with Gasteiger partial charge in [0.1, 0.15) is 0 Å². The van der Waals surface area contributed by atoms with E-state index >= 15 is 0 Å². The lowest BCUT2D eigenvalue weighted by Gasteiger charge is -2.39. The van der Waals surface area contributed by atoms with Crippen molar-refractivity contribution in [3.63, 3.8) is 0 Å². The third kappa shape index (κ3) is 95.2. The monoisotopic (exact) mass is 2040 g/mol. The molecule has 1 aromatic carbocycles. The van der Waals surface area contributed by atoms with E-state index in [1.807, 2.05) is 0 Å². The summed E-state index contributed by atoms with van der Waals surface area (Å²) in [6, 6.07) is 22.3. The topological polar surface area (TPSA) is 145 Å². The minimum Gasteiger partial charge on any atom is -0.466 e. The third-order valence-corrected chi connectivity index (χ3v) is 79.0. The van der Waals surface area contributed by atoms with Crippen molar-refractivity contribution in [2.45, 2.75) is 533 Å². The Bertz CT molecular complexity index is 2730. The number of ether oxygens (including phenoxy) is 2. The van der Waals surface area contributed by atoms with Crippen LogP contribution in [0.15, 0.2) is 30.3 Å². The van der Waals surface area contributed by atoms with Crippen molar-refractivity contribution >= 4 is 159 Å². The smallest absolute Gasteiger partial charge is 0.314 e. The number of rotatable bonds is 60.